The zero-order chi connectivity index (χ0) is 14.4. The number of aryl methyl sites for hydroxylation is 2. The van der Waals surface area contributed by atoms with Crippen LogP contribution in [0.25, 0.3) is 0 Å². The highest BCUT2D eigenvalue weighted by molar-refractivity contribution is 5.57. The van der Waals surface area contributed by atoms with Gasteiger partial charge in [0.2, 0.25) is 0 Å². The van der Waals surface area contributed by atoms with Gasteiger partial charge in [-0.25, -0.2) is 0 Å². The molecule has 112 valence electrons. The summed E-state index contributed by atoms with van der Waals surface area (Å²) in [4.78, 5) is 2.62. The van der Waals surface area contributed by atoms with Gasteiger partial charge < -0.3 is 10.2 Å². The van der Waals surface area contributed by atoms with Gasteiger partial charge >= 0.3 is 0 Å². The fourth-order valence-electron chi connectivity index (χ4n) is 3.19. The minimum atomic E-state index is 0.653. The molecule has 1 heterocycles. The van der Waals surface area contributed by atoms with Gasteiger partial charge in [-0.2, -0.15) is 0 Å². The quantitative estimate of drug-likeness (QED) is 0.758. The van der Waals surface area contributed by atoms with Crippen molar-refractivity contribution in [2.45, 2.75) is 58.9 Å². The van der Waals surface area contributed by atoms with Crippen LogP contribution in [0, 0.1) is 6.92 Å². The number of anilines is 1. The van der Waals surface area contributed by atoms with E-state index in [1.807, 2.05) is 0 Å². The van der Waals surface area contributed by atoms with Crippen LogP contribution < -0.4 is 10.2 Å². The van der Waals surface area contributed by atoms with Crippen molar-refractivity contribution < 1.29 is 0 Å². The van der Waals surface area contributed by atoms with Gasteiger partial charge in [0, 0.05) is 18.3 Å². The first-order chi connectivity index (χ1) is 9.72. The maximum atomic E-state index is 3.50. The molecule has 2 heteroatoms. The molecule has 1 unspecified atom stereocenters. The van der Waals surface area contributed by atoms with E-state index < -0.39 is 0 Å². The van der Waals surface area contributed by atoms with Crippen LogP contribution in [0.15, 0.2) is 18.2 Å². The maximum absolute atomic E-state index is 3.50. The molecule has 1 N–H and O–H groups in total. The fraction of sp³-hybridized carbons (Fsp3) is 0.667. The highest BCUT2D eigenvalue weighted by atomic mass is 15.2. The van der Waals surface area contributed by atoms with Crippen molar-refractivity contribution in [2.75, 3.05) is 24.5 Å². The Hall–Kier alpha value is -1.02. The van der Waals surface area contributed by atoms with E-state index in [0.717, 1.165) is 13.1 Å². The smallest absolute Gasteiger partial charge is 0.0401 e. The van der Waals surface area contributed by atoms with E-state index >= 15 is 0 Å². The van der Waals surface area contributed by atoms with Gasteiger partial charge in [-0.1, -0.05) is 24.6 Å². The van der Waals surface area contributed by atoms with Crippen LogP contribution in [0.4, 0.5) is 5.69 Å². The summed E-state index contributed by atoms with van der Waals surface area (Å²) in [5.41, 5.74) is 4.42. The molecule has 2 rings (SSSR count). The first kappa shape index (κ1) is 15.4. The molecular weight excluding hydrogens is 244 g/mol. The summed E-state index contributed by atoms with van der Waals surface area (Å²) in [5, 5.41) is 3.50. The third-order valence-corrected chi connectivity index (χ3v) is 4.32. The second kappa shape index (κ2) is 7.68. The van der Waals surface area contributed by atoms with Gasteiger partial charge in [0.05, 0.1) is 0 Å². The molecule has 0 bridgehead atoms. The van der Waals surface area contributed by atoms with Crippen molar-refractivity contribution in [2.24, 2.45) is 0 Å². The third kappa shape index (κ3) is 3.99. The summed E-state index contributed by atoms with van der Waals surface area (Å²) in [7, 11) is 0. The van der Waals surface area contributed by atoms with Crippen molar-refractivity contribution >= 4 is 5.69 Å². The summed E-state index contributed by atoms with van der Waals surface area (Å²) in [5.74, 6) is 0. The number of benzene rings is 1. The molecule has 1 atom stereocenters. The number of nitrogens with one attached hydrogen (secondary N) is 1. The van der Waals surface area contributed by atoms with Crippen LogP contribution in [0.2, 0.25) is 0 Å². The molecule has 0 radical (unpaired) electrons. The molecule has 1 aromatic rings. The topological polar surface area (TPSA) is 15.3 Å². The molecule has 0 amide bonds. The third-order valence-electron chi connectivity index (χ3n) is 4.32. The van der Waals surface area contributed by atoms with Crippen LogP contribution in [0.5, 0.6) is 0 Å². The minimum absolute atomic E-state index is 0.653. The highest BCUT2D eigenvalue weighted by Crippen LogP contribution is 2.30. The number of rotatable bonds is 7. The van der Waals surface area contributed by atoms with Crippen molar-refractivity contribution in [3.05, 3.63) is 29.3 Å². The second-order valence-corrected chi connectivity index (χ2v) is 6.17. The Balaban J connectivity index is 1.90. The van der Waals surface area contributed by atoms with Crippen LogP contribution in [0.1, 0.15) is 50.7 Å². The minimum Gasteiger partial charge on any atom is -0.369 e. The van der Waals surface area contributed by atoms with Crippen LogP contribution in [-0.2, 0) is 6.42 Å². The zero-order valence-corrected chi connectivity index (χ0v) is 13.4. The van der Waals surface area contributed by atoms with Crippen LogP contribution >= 0.6 is 0 Å². The predicted molar refractivity (Wildman–Crippen MR) is 88.7 cm³/mol. The molecule has 0 saturated carbocycles. The van der Waals surface area contributed by atoms with E-state index in [1.165, 1.54) is 49.9 Å². The Kier molecular flexibility index (Phi) is 5.90. The van der Waals surface area contributed by atoms with Gasteiger partial charge in [0.15, 0.2) is 0 Å². The van der Waals surface area contributed by atoms with Crippen molar-refractivity contribution in [1.82, 2.24) is 5.32 Å². The Bertz CT molecular complexity index is 414. The summed E-state index contributed by atoms with van der Waals surface area (Å²) in [6.45, 7) is 10.3. The molecule has 0 spiro atoms. The van der Waals surface area contributed by atoms with Gasteiger partial charge in [-0.05, 0) is 70.7 Å². The average molecular weight is 274 g/mol. The molecule has 1 aliphatic rings. The van der Waals surface area contributed by atoms with E-state index in [2.05, 4.69) is 49.2 Å². The van der Waals surface area contributed by atoms with E-state index in [4.69, 9.17) is 0 Å². The molecule has 0 aromatic heterocycles. The molecule has 20 heavy (non-hydrogen) atoms. The number of fused-ring (bicyclic) bond motifs is 1. The second-order valence-electron chi connectivity index (χ2n) is 6.17. The standard InChI is InChI=1S/C18H30N2/c1-4-11-19-12-5-7-16(3)20-13-6-8-17-14-15(2)9-10-18(17)20/h9-10,14,16,19H,4-8,11-13H2,1-3H3. The number of hydrogen-bond acceptors (Lipinski definition) is 2. The Labute approximate surface area is 124 Å². The lowest BCUT2D eigenvalue weighted by molar-refractivity contribution is 0.523. The predicted octanol–water partition coefficient (Wildman–Crippen LogP) is 3.92. The summed E-state index contributed by atoms with van der Waals surface area (Å²) in [6, 6.07) is 7.61. The van der Waals surface area contributed by atoms with E-state index in [-0.39, 0.29) is 0 Å². The molecule has 0 aliphatic carbocycles. The average Bonchev–Trinajstić information content (AvgIpc) is 2.46. The Morgan fingerprint density at radius 2 is 2.15 bits per heavy atom. The summed E-state index contributed by atoms with van der Waals surface area (Å²) >= 11 is 0. The molecule has 1 aliphatic heterocycles. The molecule has 0 fully saturated rings. The molecule has 1 aromatic carbocycles. The Morgan fingerprint density at radius 1 is 1.30 bits per heavy atom. The fourth-order valence-corrected chi connectivity index (χ4v) is 3.19. The lowest BCUT2D eigenvalue weighted by Gasteiger charge is -2.36. The SMILES string of the molecule is CCCNCCCC(C)N1CCCc2cc(C)ccc21. The van der Waals surface area contributed by atoms with E-state index in [9.17, 15) is 0 Å². The van der Waals surface area contributed by atoms with E-state index in [0.29, 0.717) is 6.04 Å². The van der Waals surface area contributed by atoms with Crippen LogP contribution in [-0.4, -0.2) is 25.7 Å². The molecule has 0 saturated heterocycles. The molecule has 2 nitrogen and oxygen atoms in total. The van der Waals surface area contributed by atoms with E-state index in [1.54, 1.807) is 5.56 Å². The largest absolute Gasteiger partial charge is 0.369 e. The lowest BCUT2D eigenvalue weighted by atomic mass is 9.97. The van der Waals surface area contributed by atoms with Gasteiger partial charge in [0.1, 0.15) is 0 Å². The first-order valence-corrected chi connectivity index (χ1v) is 8.29. The lowest BCUT2D eigenvalue weighted by Crippen LogP contribution is -2.37. The first-order valence-electron chi connectivity index (χ1n) is 8.29. The van der Waals surface area contributed by atoms with Crippen LogP contribution in [0.3, 0.4) is 0 Å². The normalized spacial score (nSPS) is 16.1. The summed E-state index contributed by atoms with van der Waals surface area (Å²) in [6.07, 6.45) is 6.34. The number of nitrogens with zero attached hydrogens (tertiary/aromatic N) is 1. The maximum Gasteiger partial charge on any atom is 0.0401 e. The molecular formula is C18H30N2. The van der Waals surface area contributed by atoms with Crippen molar-refractivity contribution in [3.8, 4) is 0 Å². The van der Waals surface area contributed by atoms with Crippen molar-refractivity contribution in [1.29, 1.82) is 0 Å². The monoisotopic (exact) mass is 274 g/mol. The Morgan fingerprint density at radius 3 is 2.95 bits per heavy atom. The van der Waals surface area contributed by atoms with Gasteiger partial charge in [-0.15, -0.1) is 0 Å². The van der Waals surface area contributed by atoms with Gasteiger partial charge in [-0.3, -0.25) is 0 Å². The highest BCUT2D eigenvalue weighted by Gasteiger charge is 2.20. The summed E-state index contributed by atoms with van der Waals surface area (Å²) < 4.78 is 0. The zero-order valence-electron chi connectivity index (χ0n) is 13.4. The number of hydrogen-bond donors (Lipinski definition) is 1. The van der Waals surface area contributed by atoms with Gasteiger partial charge in [0.25, 0.3) is 0 Å². The van der Waals surface area contributed by atoms with Crippen molar-refractivity contribution in [3.63, 3.8) is 0 Å².